The van der Waals surface area contributed by atoms with Crippen molar-refractivity contribution >= 4 is 51.1 Å². The smallest absolute Gasteiger partial charge is 0.187 e. The van der Waals surface area contributed by atoms with Crippen LogP contribution < -0.4 is 20.7 Å². The molecule has 0 atom stereocenters. The number of fused-ring (bicyclic) bond motifs is 1. The molecule has 4 nitrogen and oxygen atoms in total. The van der Waals surface area contributed by atoms with Crippen LogP contribution in [0.15, 0.2) is 134 Å². The lowest BCUT2D eigenvalue weighted by Crippen LogP contribution is -2.74. The molecule has 0 fully saturated rings. The highest BCUT2D eigenvalue weighted by Gasteiger charge is 2.41. The standard InChI is InChI=1S/C36H22N4Si/c1-38-30-11-19-34(20-12-30)41(32-15-5-26(25-37)6-16-32,35-21-13-31(39-2)14-22-35)33-17-9-27(10-18-33)29-8-7-28-4-3-23-40-36(28)24-29/h3-24H. The fourth-order valence-electron chi connectivity index (χ4n) is 5.53. The largest absolute Gasteiger partial charge is 0.256 e. The first-order valence-corrected chi connectivity index (χ1v) is 15.1. The van der Waals surface area contributed by atoms with Crippen LogP contribution in [-0.4, -0.2) is 13.1 Å². The third kappa shape index (κ3) is 4.56. The lowest BCUT2D eigenvalue weighted by atomic mass is 10.0. The molecule has 0 N–H and O–H groups in total. The molecule has 1 aromatic heterocycles. The Balaban J connectivity index is 1.59. The third-order valence-corrected chi connectivity index (χ3v) is 12.4. The van der Waals surface area contributed by atoms with E-state index in [0.29, 0.717) is 16.9 Å². The third-order valence-electron chi connectivity index (χ3n) is 7.56. The van der Waals surface area contributed by atoms with Crippen LogP contribution >= 0.6 is 0 Å². The first-order valence-electron chi connectivity index (χ1n) is 13.1. The topological polar surface area (TPSA) is 45.4 Å². The monoisotopic (exact) mass is 538 g/mol. The van der Waals surface area contributed by atoms with Crippen LogP contribution in [0.2, 0.25) is 0 Å². The van der Waals surface area contributed by atoms with Gasteiger partial charge in [-0.15, -0.1) is 0 Å². The van der Waals surface area contributed by atoms with Gasteiger partial charge in [-0.25, -0.2) is 9.69 Å². The Morgan fingerprint density at radius 1 is 0.585 bits per heavy atom. The van der Waals surface area contributed by atoms with Crippen LogP contribution in [0.3, 0.4) is 0 Å². The minimum absolute atomic E-state index is 0.583. The summed E-state index contributed by atoms with van der Waals surface area (Å²) in [5.74, 6) is 0. The minimum atomic E-state index is -2.90. The molecule has 0 spiro atoms. The zero-order chi connectivity index (χ0) is 28.2. The van der Waals surface area contributed by atoms with Crippen molar-refractivity contribution in [2.24, 2.45) is 0 Å². The Hall–Kier alpha value is -5.80. The number of nitrogens with zero attached hydrogens (tertiary/aromatic N) is 4. The number of aromatic nitrogens is 1. The molecule has 0 saturated carbocycles. The number of hydrogen-bond acceptors (Lipinski definition) is 2. The number of benzene rings is 5. The number of nitriles is 1. The van der Waals surface area contributed by atoms with Gasteiger partial charge < -0.3 is 0 Å². The Labute approximate surface area is 240 Å². The summed E-state index contributed by atoms with van der Waals surface area (Å²) in [6, 6.07) is 44.9. The fraction of sp³-hybridized carbons (Fsp3) is 0. The molecule has 41 heavy (non-hydrogen) atoms. The van der Waals surface area contributed by atoms with Gasteiger partial charge in [0.05, 0.1) is 30.3 Å². The van der Waals surface area contributed by atoms with Gasteiger partial charge in [0.15, 0.2) is 19.4 Å². The zero-order valence-corrected chi connectivity index (χ0v) is 23.0. The van der Waals surface area contributed by atoms with Gasteiger partial charge in [-0.3, -0.25) is 4.98 Å². The Kier molecular flexibility index (Phi) is 6.68. The average molecular weight is 539 g/mol. The molecule has 0 unspecified atom stereocenters. The van der Waals surface area contributed by atoms with Crippen LogP contribution in [0, 0.1) is 24.5 Å². The van der Waals surface area contributed by atoms with Crippen molar-refractivity contribution in [2.75, 3.05) is 0 Å². The van der Waals surface area contributed by atoms with E-state index >= 15 is 0 Å². The number of pyridine rings is 1. The molecule has 6 aromatic rings. The van der Waals surface area contributed by atoms with E-state index in [1.807, 2.05) is 48.7 Å². The van der Waals surface area contributed by atoms with E-state index in [9.17, 15) is 5.26 Å². The van der Waals surface area contributed by atoms with Crippen molar-refractivity contribution in [3.63, 3.8) is 0 Å². The van der Waals surface area contributed by atoms with Crippen molar-refractivity contribution in [1.82, 2.24) is 4.98 Å². The highest BCUT2D eigenvalue weighted by atomic mass is 28.3. The van der Waals surface area contributed by atoms with Crippen molar-refractivity contribution in [1.29, 1.82) is 5.26 Å². The molecule has 0 aliphatic heterocycles. The van der Waals surface area contributed by atoms with Gasteiger partial charge >= 0.3 is 0 Å². The summed E-state index contributed by atoms with van der Waals surface area (Å²) in [5.41, 5.74) is 4.91. The van der Waals surface area contributed by atoms with Crippen LogP contribution in [-0.2, 0) is 0 Å². The first kappa shape index (κ1) is 25.5. The van der Waals surface area contributed by atoms with E-state index < -0.39 is 8.07 Å². The zero-order valence-electron chi connectivity index (χ0n) is 22.0. The van der Waals surface area contributed by atoms with E-state index in [2.05, 4.69) is 106 Å². The molecule has 0 amide bonds. The second-order valence-electron chi connectivity index (χ2n) is 9.74. The van der Waals surface area contributed by atoms with Gasteiger partial charge in [-0.05, 0) is 56.1 Å². The van der Waals surface area contributed by atoms with Gasteiger partial charge in [0, 0.05) is 11.6 Å². The van der Waals surface area contributed by atoms with Crippen LogP contribution in [0.25, 0.3) is 31.7 Å². The molecular weight excluding hydrogens is 517 g/mol. The van der Waals surface area contributed by atoms with E-state index in [1.165, 1.54) is 0 Å². The second kappa shape index (κ2) is 10.8. The van der Waals surface area contributed by atoms with E-state index in [4.69, 9.17) is 13.1 Å². The molecule has 5 aromatic carbocycles. The molecule has 6 rings (SSSR count). The molecular formula is C36H22N4Si. The van der Waals surface area contributed by atoms with Gasteiger partial charge in [-0.2, -0.15) is 5.26 Å². The predicted octanol–water partition coefficient (Wildman–Crippen LogP) is 6.25. The predicted molar refractivity (Wildman–Crippen MR) is 168 cm³/mol. The van der Waals surface area contributed by atoms with Crippen molar-refractivity contribution in [3.8, 4) is 17.2 Å². The maximum absolute atomic E-state index is 9.50. The summed E-state index contributed by atoms with van der Waals surface area (Å²) in [6.07, 6.45) is 1.81. The Bertz CT molecular complexity index is 1850. The second-order valence-corrected chi connectivity index (χ2v) is 13.6. The first-order chi connectivity index (χ1) is 20.1. The molecule has 1 heterocycles. The molecule has 0 aliphatic carbocycles. The molecule has 0 saturated heterocycles. The summed E-state index contributed by atoms with van der Waals surface area (Å²) in [4.78, 5) is 11.8. The minimum Gasteiger partial charge on any atom is -0.256 e. The highest BCUT2D eigenvalue weighted by Crippen LogP contribution is 2.24. The summed E-state index contributed by atoms with van der Waals surface area (Å²) in [5, 5.41) is 15.1. The molecule has 5 heteroatoms. The van der Waals surface area contributed by atoms with E-state index in [1.54, 1.807) is 0 Å². The number of hydrogen-bond donors (Lipinski definition) is 0. The summed E-state index contributed by atoms with van der Waals surface area (Å²) in [7, 11) is -2.90. The van der Waals surface area contributed by atoms with Gasteiger partial charge in [-0.1, -0.05) is 103 Å². The van der Waals surface area contributed by atoms with Crippen LogP contribution in [0.1, 0.15) is 5.56 Å². The maximum atomic E-state index is 9.50. The summed E-state index contributed by atoms with van der Waals surface area (Å²) >= 11 is 0. The molecule has 0 bridgehead atoms. The van der Waals surface area contributed by atoms with Gasteiger partial charge in [0.1, 0.15) is 0 Å². The van der Waals surface area contributed by atoms with Crippen LogP contribution in [0.4, 0.5) is 11.4 Å². The van der Waals surface area contributed by atoms with Crippen molar-refractivity contribution < 1.29 is 0 Å². The van der Waals surface area contributed by atoms with E-state index in [-0.39, 0.29) is 0 Å². The maximum Gasteiger partial charge on any atom is 0.187 e. The van der Waals surface area contributed by atoms with Gasteiger partial charge in [0.2, 0.25) is 0 Å². The lowest BCUT2D eigenvalue weighted by molar-refractivity contribution is 1.41. The summed E-state index contributed by atoms with van der Waals surface area (Å²) < 4.78 is 0. The van der Waals surface area contributed by atoms with Crippen molar-refractivity contribution in [2.45, 2.75) is 0 Å². The molecule has 0 aliphatic rings. The van der Waals surface area contributed by atoms with Gasteiger partial charge in [0.25, 0.3) is 0 Å². The molecule has 0 radical (unpaired) electrons. The summed E-state index contributed by atoms with van der Waals surface area (Å²) in [6.45, 7) is 15.0. The number of rotatable bonds is 5. The lowest BCUT2D eigenvalue weighted by Gasteiger charge is -2.34. The van der Waals surface area contributed by atoms with Crippen LogP contribution in [0.5, 0.6) is 0 Å². The van der Waals surface area contributed by atoms with E-state index in [0.717, 1.165) is 42.8 Å². The fourth-order valence-corrected chi connectivity index (χ4v) is 10.2. The Morgan fingerprint density at radius 3 is 1.59 bits per heavy atom. The normalized spacial score (nSPS) is 10.9. The molecule has 190 valence electrons. The Morgan fingerprint density at radius 2 is 1.07 bits per heavy atom. The average Bonchev–Trinajstić information content (AvgIpc) is 3.06. The highest BCUT2D eigenvalue weighted by molar-refractivity contribution is 7.19. The SMILES string of the molecule is [C-]#[N+]c1ccc([Si](c2ccc(C#N)cc2)(c2ccc([N+]#[C-])cc2)c2ccc(-c3ccc4cccnc4c3)cc2)cc1. The van der Waals surface area contributed by atoms with Crippen molar-refractivity contribution in [3.05, 3.63) is 162 Å². The quantitative estimate of drug-likeness (QED) is 0.148.